The van der Waals surface area contributed by atoms with Gasteiger partial charge in [0, 0.05) is 43.1 Å². The van der Waals surface area contributed by atoms with Gasteiger partial charge >= 0.3 is 12.0 Å². The summed E-state index contributed by atoms with van der Waals surface area (Å²) in [6, 6.07) is 11.9. The molecule has 0 saturated carbocycles. The first-order valence-corrected chi connectivity index (χ1v) is 10.1. The number of carbonyl (C=O) groups is 3. The molecule has 2 heterocycles. The minimum absolute atomic E-state index is 0.191. The van der Waals surface area contributed by atoms with E-state index in [0.717, 1.165) is 18.8 Å². The number of hydrogen-bond acceptors (Lipinski definition) is 6. The van der Waals surface area contributed by atoms with E-state index < -0.39 is 5.97 Å². The van der Waals surface area contributed by atoms with Crippen molar-refractivity contribution < 1.29 is 23.9 Å². The van der Waals surface area contributed by atoms with E-state index in [1.54, 1.807) is 41.3 Å². The van der Waals surface area contributed by atoms with Gasteiger partial charge in [-0.3, -0.25) is 9.69 Å². The predicted molar refractivity (Wildman–Crippen MR) is 116 cm³/mol. The summed E-state index contributed by atoms with van der Waals surface area (Å²) >= 11 is 0. The SMILES string of the molecule is COC(=O)c1cc(N2CCOCC2)ccc1NC(=O)c1cccc(N2CCNC2=O)c1. The molecule has 0 atom stereocenters. The van der Waals surface area contributed by atoms with Crippen LogP contribution < -0.4 is 20.4 Å². The molecule has 4 rings (SSSR count). The molecule has 9 heteroatoms. The van der Waals surface area contributed by atoms with Crippen molar-refractivity contribution in [1.29, 1.82) is 0 Å². The zero-order valence-corrected chi connectivity index (χ0v) is 17.2. The van der Waals surface area contributed by atoms with Crippen molar-refractivity contribution in [3.8, 4) is 0 Å². The number of nitrogens with one attached hydrogen (secondary N) is 2. The molecule has 0 unspecified atom stereocenters. The lowest BCUT2D eigenvalue weighted by Crippen LogP contribution is -2.36. The van der Waals surface area contributed by atoms with E-state index in [1.165, 1.54) is 7.11 Å². The van der Waals surface area contributed by atoms with Crippen LogP contribution in [0.4, 0.5) is 21.9 Å². The fourth-order valence-electron chi connectivity index (χ4n) is 3.67. The molecular weight excluding hydrogens is 400 g/mol. The monoisotopic (exact) mass is 424 g/mol. The quantitative estimate of drug-likeness (QED) is 0.713. The molecule has 31 heavy (non-hydrogen) atoms. The van der Waals surface area contributed by atoms with Gasteiger partial charge in [-0.25, -0.2) is 9.59 Å². The molecule has 0 aromatic heterocycles. The van der Waals surface area contributed by atoms with E-state index in [0.29, 0.717) is 43.2 Å². The van der Waals surface area contributed by atoms with Crippen molar-refractivity contribution in [1.82, 2.24) is 5.32 Å². The third kappa shape index (κ3) is 4.46. The van der Waals surface area contributed by atoms with Gasteiger partial charge in [0.05, 0.1) is 31.6 Å². The number of methoxy groups -OCH3 is 1. The molecule has 162 valence electrons. The van der Waals surface area contributed by atoms with E-state index in [2.05, 4.69) is 15.5 Å². The van der Waals surface area contributed by atoms with Crippen LogP contribution in [-0.4, -0.2) is 64.4 Å². The van der Waals surface area contributed by atoms with Crippen molar-refractivity contribution >= 4 is 35.0 Å². The average molecular weight is 424 g/mol. The van der Waals surface area contributed by atoms with Crippen LogP contribution in [0.3, 0.4) is 0 Å². The van der Waals surface area contributed by atoms with E-state index >= 15 is 0 Å². The number of ether oxygens (including phenoxy) is 2. The molecular formula is C22H24N4O5. The minimum atomic E-state index is -0.534. The maximum Gasteiger partial charge on any atom is 0.340 e. The van der Waals surface area contributed by atoms with Gasteiger partial charge in [0.25, 0.3) is 5.91 Å². The number of benzene rings is 2. The smallest absolute Gasteiger partial charge is 0.340 e. The second kappa shape index (κ2) is 9.05. The number of rotatable bonds is 5. The Hall–Kier alpha value is -3.59. The van der Waals surface area contributed by atoms with Gasteiger partial charge in [-0.2, -0.15) is 0 Å². The Morgan fingerprint density at radius 1 is 1.06 bits per heavy atom. The van der Waals surface area contributed by atoms with Crippen LogP contribution in [0.5, 0.6) is 0 Å². The van der Waals surface area contributed by atoms with Crippen molar-refractivity contribution in [2.24, 2.45) is 0 Å². The topological polar surface area (TPSA) is 100 Å². The van der Waals surface area contributed by atoms with E-state index in [-0.39, 0.29) is 17.5 Å². The fourth-order valence-corrected chi connectivity index (χ4v) is 3.67. The number of amides is 3. The molecule has 2 aromatic carbocycles. The number of nitrogens with zero attached hydrogens (tertiary/aromatic N) is 2. The average Bonchev–Trinajstić information content (AvgIpc) is 3.25. The molecule has 3 amide bonds. The molecule has 2 fully saturated rings. The standard InChI is InChI=1S/C22H24N4O5/c1-30-21(28)18-14-16(25-9-11-31-12-10-25)5-6-19(18)24-20(27)15-3-2-4-17(13-15)26-8-7-23-22(26)29/h2-6,13-14H,7-12H2,1H3,(H,23,29)(H,24,27). The fraction of sp³-hybridized carbons (Fsp3) is 0.318. The number of hydrogen-bond donors (Lipinski definition) is 2. The number of carbonyl (C=O) groups excluding carboxylic acids is 3. The first-order chi connectivity index (χ1) is 15.1. The summed E-state index contributed by atoms with van der Waals surface area (Å²) in [5, 5.41) is 5.54. The summed E-state index contributed by atoms with van der Waals surface area (Å²) in [7, 11) is 1.31. The van der Waals surface area contributed by atoms with Crippen molar-refractivity contribution in [2.75, 3.05) is 61.6 Å². The molecule has 0 aliphatic carbocycles. The van der Waals surface area contributed by atoms with Gasteiger partial charge in [0.2, 0.25) is 0 Å². The van der Waals surface area contributed by atoms with E-state index in [9.17, 15) is 14.4 Å². The molecule has 2 aromatic rings. The first kappa shape index (κ1) is 20.7. The molecule has 2 N–H and O–H groups in total. The van der Waals surface area contributed by atoms with Crippen LogP contribution in [0.15, 0.2) is 42.5 Å². The Morgan fingerprint density at radius 3 is 2.58 bits per heavy atom. The zero-order valence-electron chi connectivity index (χ0n) is 17.2. The van der Waals surface area contributed by atoms with Gasteiger partial charge in [-0.1, -0.05) is 6.07 Å². The number of esters is 1. The van der Waals surface area contributed by atoms with Crippen LogP contribution in [0, 0.1) is 0 Å². The normalized spacial score (nSPS) is 16.1. The Kier molecular flexibility index (Phi) is 6.03. The predicted octanol–water partition coefficient (Wildman–Crippen LogP) is 2.09. The summed E-state index contributed by atoms with van der Waals surface area (Å²) in [4.78, 5) is 40.9. The highest BCUT2D eigenvalue weighted by Gasteiger charge is 2.23. The minimum Gasteiger partial charge on any atom is -0.465 e. The van der Waals surface area contributed by atoms with E-state index in [4.69, 9.17) is 9.47 Å². The molecule has 0 spiro atoms. The largest absolute Gasteiger partial charge is 0.465 e. The molecule has 2 aliphatic heterocycles. The van der Waals surface area contributed by atoms with E-state index in [1.807, 2.05) is 6.07 Å². The van der Waals surface area contributed by atoms with Crippen molar-refractivity contribution in [3.63, 3.8) is 0 Å². The number of anilines is 3. The zero-order chi connectivity index (χ0) is 21.8. The first-order valence-electron chi connectivity index (χ1n) is 10.1. The van der Waals surface area contributed by atoms with Crippen molar-refractivity contribution in [2.45, 2.75) is 0 Å². The lowest BCUT2D eigenvalue weighted by Gasteiger charge is -2.29. The second-order valence-electron chi connectivity index (χ2n) is 7.21. The maximum absolute atomic E-state index is 12.9. The van der Waals surface area contributed by atoms with Crippen LogP contribution in [-0.2, 0) is 9.47 Å². The van der Waals surface area contributed by atoms with Gasteiger partial charge in [0.15, 0.2) is 0 Å². The molecule has 0 radical (unpaired) electrons. The summed E-state index contributed by atoms with van der Waals surface area (Å²) in [5.74, 6) is -0.918. The van der Waals surface area contributed by atoms with Gasteiger partial charge in [-0.05, 0) is 36.4 Å². The third-order valence-corrected chi connectivity index (χ3v) is 5.31. The van der Waals surface area contributed by atoms with Gasteiger partial charge < -0.3 is 25.0 Å². The summed E-state index contributed by atoms with van der Waals surface area (Å²) in [6.07, 6.45) is 0. The highest BCUT2D eigenvalue weighted by atomic mass is 16.5. The molecule has 9 nitrogen and oxygen atoms in total. The Morgan fingerprint density at radius 2 is 1.87 bits per heavy atom. The van der Waals surface area contributed by atoms with Crippen LogP contribution >= 0.6 is 0 Å². The summed E-state index contributed by atoms with van der Waals surface area (Å²) in [6.45, 7) is 3.80. The van der Waals surface area contributed by atoms with Gasteiger partial charge in [-0.15, -0.1) is 0 Å². The maximum atomic E-state index is 12.9. The molecule has 0 bridgehead atoms. The van der Waals surface area contributed by atoms with Crippen LogP contribution in [0.1, 0.15) is 20.7 Å². The van der Waals surface area contributed by atoms with Crippen molar-refractivity contribution in [3.05, 3.63) is 53.6 Å². The number of morpholine rings is 1. The highest BCUT2D eigenvalue weighted by molar-refractivity contribution is 6.09. The van der Waals surface area contributed by atoms with Crippen LogP contribution in [0.2, 0.25) is 0 Å². The Bertz CT molecular complexity index is 1000. The Labute approximate surface area is 179 Å². The molecule has 2 aliphatic rings. The Balaban J connectivity index is 1.57. The number of urea groups is 1. The molecule has 2 saturated heterocycles. The summed E-state index contributed by atoms with van der Waals surface area (Å²) in [5.41, 5.74) is 2.51. The summed E-state index contributed by atoms with van der Waals surface area (Å²) < 4.78 is 10.3. The van der Waals surface area contributed by atoms with Crippen LogP contribution in [0.25, 0.3) is 0 Å². The second-order valence-corrected chi connectivity index (χ2v) is 7.21. The third-order valence-electron chi connectivity index (χ3n) is 5.31. The lowest BCUT2D eigenvalue weighted by molar-refractivity contribution is 0.0602. The van der Waals surface area contributed by atoms with Gasteiger partial charge in [0.1, 0.15) is 0 Å². The highest BCUT2D eigenvalue weighted by Crippen LogP contribution is 2.26. The lowest BCUT2D eigenvalue weighted by atomic mass is 10.1.